The topological polar surface area (TPSA) is 79.5 Å². The Labute approximate surface area is 177 Å². The zero-order valence-corrected chi connectivity index (χ0v) is 17.6. The van der Waals surface area contributed by atoms with Crippen LogP contribution in [0.25, 0.3) is 0 Å². The molecule has 1 aliphatic rings. The molecule has 1 heterocycles. The number of hydrogen-bond acceptors (Lipinski definition) is 4. The van der Waals surface area contributed by atoms with E-state index in [4.69, 9.17) is 4.74 Å². The van der Waals surface area contributed by atoms with Crippen LogP contribution in [0.1, 0.15) is 34.3 Å². The van der Waals surface area contributed by atoms with Crippen molar-refractivity contribution in [3.8, 4) is 0 Å². The third kappa shape index (κ3) is 5.79. The summed E-state index contributed by atoms with van der Waals surface area (Å²) in [4.78, 5) is 25.1. The SMILES string of the molecule is COC1(C(=O)NCc2cccc(NC(=O)c3ccc(C)cc3)c2)CCNCC1.Cl. The molecule has 0 unspecified atom stereocenters. The van der Waals surface area contributed by atoms with Gasteiger partial charge >= 0.3 is 0 Å². The van der Waals surface area contributed by atoms with E-state index in [1.54, 1.807) is 19.2 Å². The van der Waals surface area contributed by atoms with Crippen LogP contribution < -0.4 is 16.0 Å². The van der Waals surface area contributed by atoms with Crippen LogP contribution in [0.3, 0.4) is 0 Å². The van der Waals surface area contributed by atoms with Gasteiger partial charge in [-0.3, -0.25) is 9.59 Å². The lowest BCUT2D eigenvalue weighted by Crippen LogP contribution is -2.53. The highest BCUT2D eigenvalue weighted by molar-refractivity contribution is 6.04. The first kappa shape index (κ1) is 22.9. The van der Waals surface area contributed by atoms with Crippen LogP contribution in [0.15, 0.2) is 48.5 Å². The number of methoxy groups -OCH3 is 1. The smallest absolute Gasteiger partial charge is 0.255 e. The number of anilines is 1. The Morgan fingerprint density at radius 2 is 1.79 bits per heavy atom. The molecule has 1 fully saturated rings. The molecule has 3 rings (SSSR count). The van der Waals surface area contributed by atoms with Crippen molar-refractivity contribution in [2.24, 2.45) is 0 Å². The van der Waals surface area contributed by atoms with Crippen LogP contribution in [0.4, 0.5) is 5.69 Å². The molecule has 2 aromatic carbocycles. The molecule has 0 saturated carbocycles. The van der Waals surface area contributed by atoms with E-state index < -0.39 is 5.60 Å². The van der Waals surface area contributed by atoms with Crippen molar-refractivity contribution in [3.05, 3.63) is 65.2 Å². The molecule has 6 nitrogen and oxygen atoms in total. The summed E-state index contributed by atoms with van der Waals surface area (Å²) in [5.41, 5.74) is 2.56. The highest BCUT2D eigenvalue weighted by Crippen LogP contribution is 2.23. The molecule has 0 aliphatic carbocycles. The largest absolute Gasteiger partial charge is 0.368 e. The maximum Gasteiger partial charge on any atom is 0.255 e. The number of amides is 2. The fourth-order valence-electron chi connectivity index (χ4n) is 3.37. The van der Waals surface area contributed by atoms with Crippen molar-refractivity contribution in [1.29, 1.82) is 0 Å². The van der Waals surface area contributed by atoms with Gasteiger partial charge in [0.25, 0.3) is 11.8 Å². The van der Waals surface area contributed by atoms with Gasteiger partial charge in [0, 0.05) is 24.9 Å². The summed E-state index contributed by atoms with van der Waals surface area (Å²) in [6.45, 7) is 3.90. The number of hydrogen-bond donors (Lipinski definition) is 3. The zero-order chi connectivity index (χ0) is 20.0. The molecule has 0 bridgehead atoms. The number of rotatable bonds is 6. The molecule has 2 amide bonds. The number of aryl methyl sites for hydroxylation is 1. The van der Waals surface area contributed by atoms with E-state index in [1.807, 2.05) is 43.3 Å². The molecule has 0 aromatic heterocycles. The second-order valence-corrected chi connectivity index (χ2v) is 7.15. The molecule has 29 heavy (non-hydrogen) atoms. The van der Waals surface area contributed by atoms with Crippen LogP contribution in [0.2, 0.25) is 0 Å². The predicted octanol–water partition coefficient (Wildman–Crippen LogP) is 3.05. The first-order valence-corrected chi connectivity index (χ1v) is 9.53. The number of halogens is 1. The summed E-state index contributed by atoms with van der Waals surface area (Å²) in [5, 5.41) is 9.12. The lowest BCUT2D eigenvalue weighted by atomic mass is 9.91. The summed E-state index contributed by atoms with van der Waals surface area (Å²) >= 11 is 0. The first-order valence-electron chi connectivity index (χ1n) is 9.53. The van der Waals surface area contributed by atoms with Crippen LogP contribution in [0.5, 0.6) is 0 Å². The molecule has 3 N–H and O–H groups in total. The van der Waals surface area contributed by atoms with Gasteiger partial charge in [-0.05, 0) is 62.7 Å². The van der Waals surface area contributed by atoms with Crippen molar-refractivity contribution >= 4 is 29.9 Å². The third-order valence-electron chi connectivity index (χ3n) is 5.17. The molecule has 0 radical (unpaired) electrons. The van der Waals surface area contributed by atoms with E-state index in [9.17, 15) is 9.59 Å². The van der Waals surface area contributed by atoms with Gasteiger partial charge in [0.1, 0.15) is 5.60 Å². The summed E-state index contributed by atoms with van der Waals surface area (Å²) < 4.78 is 5.55. The highest BCUT2D eigenvalue weighted by atomic mass is 35.5. The van der Waals surface area contributed by atoms with Gasteiger partial charge in [-0.25, -0.2) is 0 Å². The standard InChI is InChI=1S/C22H27N3O3.ClH/c1-16-6-8-18(9-7-16)20(26)25-19-5-3-4-17(14-19)15-24-21(27)22(28-2)10-12-23-13-11-22;/h3-9,14,23H,10-13,15H2,1-2H3,(H,24,27)(H,25,26);1H. The van der Waals surface area contributed by atoms with Crippen LogP contribution in [0, 0.1) is 6.92 Å². The first-order chi connectivity index (χ1) is 13.5. The van der Waals surface area contributed by atoms with Crippen molar-refractivity contribution < 1.29 is 14.3 Å². The third-order valence-corrected chi connectivity index (χ3v) is 5.17. The van der Waals surface area contributed by atoms with E-state index >= 15 is 0 Å². The van der Waals surface area contributed by atoms with Crippen molar-refractivity contribution in [2.75, 3.05) is 25.5 Å². The Morgan fingerprint density at radius 3 is 2.45 bits per heavy atom. The monoisotopic (exact) mass is 417 g/mol. The molecule has 7 heteroatoms. The van der Waals surface area contributed by atoms with Gasteiger partial charge in [0.2, 0.25) is 0 Å². The molecule has 156 valence electrons. The van der Waals surface area contributed by atoms with Gasteiger partial charge in [-0.2, -0.15) is 0 Å². The zero-order valence-electron chi connectivity index (χ0n) is 16.8. The molecular formula is C22H28ClN3O3. The van der Waals surface area contributed by atoms with Crippen molar-refractivity contribution in [1.82, 2.24) is 10.6 Å². The Morgan fingerprint density at radius 1 is 1.10 bits per heavy atom. The lowest BCUT2D eigenvalue weighted by molar-refractivity contribution is -0.146. The summed E-state index contributed by atoms with van der Waals surface area (Å²) in [5.74, 6) is -0.250. The van der Waals surface area contributed by atoms with Crippen molar-refractivity contribution in [3.63, 3.8) is 0 Å². The number of ether oxygens (including phenoxy) is 1. The maximum absolute atomic E-state index is 12.7. The molecule has 0 spiro atoms. The van der Waals surface area contributed by atoms with E-state index in [0.717, 1.165) is 24.2 Å². The molecular weight excluding hydrogens is 390 g/mol. The Kier molecular flexibility index (Phi) is 8.20. The fraction of sp³-hybridized carbons (Fsp3) is 0.364. The molecule has 1 saturated heterocycles. The minimum absolute atomic E-state index is 0. The molecule has 1 aliphatic heterocycles. The normalized spacial score (nSPS) is 15.1. The summed E-state index contributed by atoms with van der Waals surface area (Å²) in [6.07, 6.45) is 1.31. The summed E-state index contributed by atoms with van der Waals surface area (Å²) in [6, 6.07) is 14.9. The predicted molar refractivity (Wildman–Crippen MR) is 117 cm³/mol. The Bertz CT molecular complexity index is 833. The van der Waals surface area contributed by atoms with Gasteiger partial charge in [-0.1, -0.05) is 29.8 Å². The number of benzene rings is 2. The number of carbonyl (C=O) groups excluding carboxylic acids is 2. The lowest BCUT2D eigenvalue weighted by Gasteiger charge is -2.34. The van der Waals surface area contributed by atoms with Gasteiger partial charge in [0.05, 0.1) is 0 Å². The van der Waals surface area contributed by atoms with Gasteiger partial charge in [0.15, 0.2) is 0 Å². The second kappa shape index (κ2) is 10.4. The minimum atomic E-state index is -0.761. The minimum Gasteiger partial charge on any atom is -0.368 e. The van der Waals surface area contributed by atoms with E-state index in [0.29, 0.717) is 30.6 Å². The Balaban J connectivity index is 0.00000300. The van der Waals surface area contributed by atoms with Crippen molar-refractivity contribution in [2.45, 2.75) is 31.9 Å². The second-order valence-electron chi connectivity index (χ2n) is 7.15. The van der Waals surface area contributed by atoms with Gasteiger partial charge in [-0.15, -0.1) is 12.4 Å². The van der Waals surface area contributed by atoms with Gasteiger partial charge < -0.3 is 20.7 Å². The quantitative estimate of drug-likeness (QED) is 0.674. The Hall–Kier alpha value is -2.41. The van der Waals surface area contributed by atoms with E-state index in [2.05, 4.69) is 16.0 Å². The van der Waals surface area contributed by atoms with Crippen LogP contribution in [-0.2, 0) is 16.1 Å². The highest BCUT2D eigenvalue weighted by Gasteiger charge is 2.39. The summed E-state index contributed by atoms with van der Waals surface area (Å²) in [7, 11) is 1.59. The van der Waals surface area contributed by atoms with E-state index in [1.165, 1.54) is 0 Å². The average Bonchev–Trinajstić information content (AvgIpc) is 2.73. The molecule has 0 atom stereocenters. The molecule has 2 aromatic rings. The van der Waals surface area contributed by atoms with Crippen LogP contribution in [-0.4, -0.2) is 37.6 Å². The van der Waals surface area contributed by atoms with E-state index in [-0.39, 0.29) is 24.2 Å². The average molecular weight is 418 g/mol. The number of piperidine rings is 1. The fourth-order valence-corrected chi connectivity index (χ4v) is 3.37. The van der Waals surface area contributed by atoms with Crippen LogP contribution >= 0.6 is 12.4 Å². The number of carbonyl (C=O) groups is 2. The number of nitrogens with one attached hydrogen (secondary N) is 3. The maximum atomic E-state index is 12.7.